The number of benzene rings is 2. The molecule has 0 saturated carbocycles. The van der Waals surface area contributed by atoms with Gasteiger partial charge in [0.2, 0.25) is 0 Å². The first kappa shape index (κ1) is 18.1. The topological polar surface area (TPSA) is 59.9 Å². The summed E-state index contributed by atoms with van der Waals surface area (Å²) in [6.07, 6.45) is 1.45. The standard InChI is InChI=1S/C17H16Cl2N2O3/c1-2-23-16-8-5-14(19)9-12(16)10-20-24-11-17(22)21-15-6-3-13(18)4-7-15/h3-10H,2,11H2,1H3,(H,21,22)/b20-10+. The van der Waals surface area contributed by atoms with Crippen molar-refractivity contribution in [3.8, 4) is 5.75 Å². The number of halogens is 2. The average molecular weight is 367 g/mol. The number of ether oxygens (including phenoxy) is 1. The molecule has 0 heterocycles. The van der Waals surface area contributed by atoms with E-state index >= 15 is 0 Å². The summed E-state index contributed by atoms with van der Waals surface area (Å²) in [5.74, 6) is 0.311. The van der Waals surface area contributed by atoms with Gasteiger partial charge in [-0.25, -0.2) is 0 Å². The van der Waals surface area contributed by atoms with E-state index in [4.69, 9.17) is 32.8 Å². The number of anilines is 1. The molecule has 0 radical (unpaired) electrons. The van der Waals surface area contributed by atoms with Gasteiger partial charge in [-0.2, -0.15) is 0 Å². The van der Waals surface area contributed by atoms with Crippen LogP contribution in [0.5, 0.6) is 5.75 Å². The van der Waals surface area contributed by atoms with Crippen LogP contribution in [0.15, 0.2) is 47.6 Å². The van der Waals surface area contributed by atoms with E-state index in [1.165, 1.54) is 6.21 Å². The lowest BCUT2D eigenvalue weighted by Crippen LogP contribution is -2.16. The minimum Gasteiger partial charge on any atom is -0.493 e. The molecule has 0 aliphatic heterocycles. The van der Waals surface area contributed by atoms with Crippen molar-refractivity contribution in [2.75, 3.05) is 18.5 Å². The molecule has 0 spiro atoms. The van der Waals surface area contributed by atoms with E-state index in [1.807, 2.05) is 6.92 Å². The van der Waals surface area contributed by atoms with Crippen LogP contribution >= 0.6 is 23.2 Å². The Labute approximate surface area is 150 Å². The zero-order chi connectivity index (χ0) is 17.4. The maximum atomic E-state index is 11.7. The Morgan fingerprint density at radius 1 is 1.17 bits per heavy atom. The lowest BCUT2D eigenvalue weighted by atomic mass is 10.2. The van der Waals surface area contributed by atoms with E-state index in [9.17, 15) is 4.79 Å². The Balaban J connectivity index is 1.87. The monoisotopic (exact) mass is 366 g/mol. The highest BCUT2D eigenvalue weighted by Crippen LogP contribution is 2.21. The zero-order valence-electron chi connectivity index (χ0n) is 13.0. The van der Waals surface area contributed by atoms with Crippen molar-refractivity contribution >= 4 is 41.0 Å². The second-order valence-corrected chi connectivity index (χ2v) is 5.55. The fraction of sp³-hybridized carbons (Fsp3) is 0.176. The van der Waals surface area contributed by atoms with Crippen molar-refractivity contribution < 1.29 is 14.4 Å². The summed E-state index contributed by atoms with van der Waals surface area (Å²) in [5, 5.41) is 7.60. The van der Waals surface area contributed by atoms with Crippen molar-refractivity contribution in [1.82, 2.24) is 0 Å². The summed E-state index contributed by atoms with van der Waals surface area (Å²) in [6, 6.07) is 11.9. The fourth-order valence-electron chi connectivity index (χ4n) is 1.83. The van der Waals surface area contributed by atoms with Gasteiger partial charge in [-0.1, -0.05) is 28.4 Å². The van der Waals surface area contributed by atoms with Crippen molar-refractivity contribution in [3.05, 3.63) is 58.1 Å². The number of carbonyl (C=O) groups excluding carboxylic acids is 1. The zero-order valence-corrected chi connectivity index (χ0v) is 14.5. The summed E-state index contributed by atoms with van der Waals surface area (Å²) in [5.41, 5.74) is 1.30. The smallest absolute Gasteiger partial charge is 0.265 e. The SMILES string of the molecule is CCOc1ccc(Cl)cc1/C=N/OCC(=O)Nc1ccc(Cl)cc1. The number of rotatable bonds is 7. The first-order chi connectivity index (χ1) is 11.6. The number of oxime groups is 1. The summed E-state index contributed by atoms with van der Waals surface area (Å²) >= 11 is 11.7. The minimum absolute atomic E-state index is 0.219. The van der Waals surface area contributed by atoms with Crippen LogP contribution in [0.4, 0.5) is 5.69 Å². The molecule has 24 heavy (non-hydrogen) atoms. The van der Waals surface area contributed by atoms with E-state index in [0.29, 0.717) is 33.7 Å². The van der Waals surface area contributed by atoms with Crippen LogP contribution in [0.2, 0.25) is 10.0 Å². The molecule has 5 nitrogen and oxygen atoms in total. The van der Waals surface area contributed by atoms with Gasteiger partial charge in [0.25, 0.3) is 5.91 Å². The molecular formula is C17H16Cl2N2O3. The maximum absolute atomic E-state index is 11.7. The van der Waals surface area contributed by atoms with Gasteiger partial charge in [0.15, 0.2) is 6.61 Å². The third-order valence-corrected chi connectivity index (χ3v) is 3.35. The van der Waals surface area contributed by atoms with Crippen molar-refractivity contribution in [1.29, 1.82) is 0 Å². The molecule has 0 atom stereocenters. The summed E-state index contributed by atoms with van der Waals surface area (Å²) in [6.45, 7) is 2.18. The van der Waals surface area contributed by atoms with Crippen LogP contribution in [0.25, 0.3) is 0 Å². The molecule has 0 aliphatic rings. The molecule has 0 aliphatic carbocycles. The largest absolute Gasteiger partial charge is 0.493 e. The number of nitrogens with zero attached hydrogens (tertiary/aromatic N) is 1. The number of carbonyl (C=O) groups is 1. The number of hydrogen-bond acceptors (Lipinski definition) is 4. The molecule has 2 aromatic rings. The molecule has 0 unspecified atom stereocenters. The van der Waals surface area contributed by atoms with Gasteiger partial charge >= 0.3 is 0 Å². The average Bonchev–Trinajstić information content (AvgIpc) is 2.56. The van der Waals surface area contributed by atoms with Gasteiger partial charge < -0.3 is 14.9 Å². The maximum Gasteiger partial charge on any atom is 0.265 e. The molecule has 0 aromatic heterocycles. The van der Waals surface area contributed by atoms with Crippen LogP contribution in [-0.2, 0) is 9.63 Å². The van der Waals surface area contributed by atoms with Gasteiger partial charge in [-0.05, 0) is 49.4 Å². The molecule has 1 N–H and O–H groups in total. The Bertz CT molecular complexity index is 718. The molecule has 2 aromatic carbocycles. The van der Waals surface area contributed by atoms with Crippen molar-refractivity contribution in [3.63, 3.8) is 0 Å². The summed E-state index contributed by atoms with van der Waals surface area (Å²) in [7, 11) is 0. The highest BCUT2D eigenvalue weighted by atomic mass is 35.5. The molecule has 0 bridgehead atoms. The number of nitrogens with one attached hydrogen (secondary N) is 1. The second-order valence-electron chi connectivity index (χ2n) is 4.68. The summed E-state index contributed by atoms with van der Waals surface area (Å²) in [4.78, 5) is 16.7. The normalized spacial score (nSPS) is 10.6. The van der Waals surface area contributed by atoms with Crippen LogP contribution in [-0.4, -0.2) is 25.3 Å². The predicted octanol–water partition coefficient (Wildman–Crippen LogP) is 4.38. The van der Waals surface area contributed by atoms with Crippen molar-refractivity contribution in [2.45, 2.75) is 6.92 Å². The van der Waals surface area contributed by atoms with Gasteiger partial charge in [-0.15, -0.1) is 0 Å². The van der Waals surface area contributed by atoms with Gasteiger partial charge in [-0.3, -0.25) is 4.79 Å². The Morgan fingerprint density at radius 3 is 2.58 bits per heavy atom. The van der Waals surface area contributed by atoms with E-state index < -0.39 is 0 Å². The fourth-order valence-corrected chi connectivity index (χ4v) is 2.13. The molecular weight excluding hydrogens is 351 g/mol. The molecule has 2 rings (SSSR count). The van der Waals surface area contributed by atoms with E-state index in [-0.39, 0.29) is 12.5 Å². The van der Waals surface area contributed by atoms with E-state index in [0.717, 1.165) is 0 Å². The van der Waals surface area contributed by atoms with E-state index in [1.54, 1.807) is 42.5 Å². The van der Waals surface area contributed by atoms with Gasteiger partial charge in [0, 0.05) is 21.3 Å². The van der Waals surface area contributed by atoms with E-state index in [2.05, 4.69) is 10.5 Å². The van der Waals surface area contributed by atoms with Gasteiger partial charge in [0.1, 0.15) is 5.75 Å². The third-order valence-electron chi connectivity index (χ3n) is 2.86. The lowest BCUT2D eigenvalue weighted by Gasteiger charge is -2.07. The molecule has 1 amide bonds. The third kappa shape index (κ3) is 5.76. The Hall–Kier alpha value is -2.24. The first-order valence-electron chi connectivity index (χ1n) is 7.21. The number of hydrogen-bond donors (Lipinski definition) is 1. The Kier molecular flexibility index (Phi) is 6.90. The molecule has 0 saturated heterocycles. The highest BCUT2D eigenvalue weighted by molar-refractivity contribution is 6.31. The van der Waals surface area contributed by atoms with Crippen molar-refractivity contribution in [2.24, 2.45) is 5.16 Å². The van der Waals surface area contributed by atoms with Crippen LogP contribution in [0, 0.1) is 0 Å². The molecule has 7 heteroatoms. The second kappa shape index (κ2) is 9.15. The first-order valence-corrected chi connectivity index (χ1v) is 7.97. The molecule has 126 valence electrons. The minimum atomic E-state index is -0.328. The molecule has 0 fully saturated rings. The Morgan fingerprint density at radius 2 is 1.88 bits per heavy atom. The number of amides is 1. The predicted molar refractivity (Wildman–Crippen MR) is 96.2 cm³/mol. The van der Waals surface area contributed by atoms with Gasteiger partial charge in [0.05, 0.1) is 12.8 Å². The van der Waals surface area contributed by atoms with Crippen LogP contribution in [0.3, 0.4) is 0 Å². The lowest BCUT2D eigenvalue weighted by molar-refractivity contribution is -0.120. The highest BCUT2D eigenvalue weighted by Gasteiger charge is 2.04. The quantitative estimate of drug-likeness (QED) is 0.584. The van der Waals surface area contributed by atoms with Crippen LogP contribution < -0.4 is 10.1 Å². The van der Waals surface area contributed by atoms with Crippen LogP contribution in [0.1, 0.15) is 12.5 Å². The summed E-state index contributed by atoms with van der Waals surface area (Å²) < 4.78 is 5.46.